The van der Waals surface area contributed by atoms with E-state index >= 15 is 0 Å². The Kier molecular flexibility index (Phi) is 2.63. The van der Waals surface area contributed by atoms with Crippen LogP contribution >= 0.6 is 0 Å². The third kappa shape index (κ3) is 2.01. The van der Waals surface area contributed by atoms with E-state index in [2.05, 4.69) is 15.0 Å². The van der Waals surface area contributed by atoms with Gasteiger partial charge in [0.1, 0.15) is 17.5 Å². The zero-order valence-electron chi connectivity index (χ0n) is 9.95. The molecule has 0 fully saturated rings. The van der Waals surface area contributed by atoms with Crippen LogP contribution in [0.2, 0.25) is 0 Å². The molecule has 0 aliphatic carbocycles. The first-order chi connectivity index (χ1) is 9.17. The first-order valence-electron chi connectivity index (χ1n) is 5.53. The number of fused-ring (bicyclic) bond motifs is 1. The Morgan fingerprint density at radius 3 is 2.68 bits per heavy atom. The Morgan fingerprint density at radius 1 is 1.11 bits per heavy atom. The van der Waals surface area contributed by atoms with Crippen molar-refractivity contribution in [1.29, 1.82) is 0 Å². The van der Waals surface area contributed by atoms with Crippen LogP contribution < -0.4 is 4.74 Å². The summed E-state index contributed by atoms with van der Waals surface area (Å²) in [7, 11) is 1.50. The van der Waals surface area contributed by atoms with Crippen LogP contribution in [-0.4, -0.2) is 22.1 Å². The number of imidazole rings is 1. The molecule has 3 aromatic rings. The number of aromatic nitrogens is 3. The molecule has 0 unspecified atom stereocenters. The number of halogens is 2. The second-order valence-corrected chi connectivity index (χ2v) is 3.93. The third-order valence-corrected chi connectivity index (χ3v) is 2.72. The quantitative estimate of drug-likeness (QED) is 0.771. The van der Waals surface area contributed by atoms with E-state index in [-0.39, 0.29) is 5.56 Å². The molecular formula is C13H9F2N3O. The van der Waals surface area contributed by atoms with E-state index in [0.717, 1.165) is 6.07 Å². The van der Waals surface area contributed by atoms with Crippen LogP contribution in [0.3, 0.4) is 0 Å². The predicted octanol–water partition coefficient (Wildman–Crippen LogP) is 2.91. The molecule has 19 heavy (non-hydrogen) atoms. The summed E-state index contributed by atoms with van der Waals surface area (Å²) in [5.74, 6) is -0.582. The van der Waals surface area contributed by atoms with Gasteiger partial charge in [0.2, 0.25) is 5.88 Å². The third-order valence-electron chi connectivity index (χ3n) is 2.72. The SMILES string of the molecule is COc1ccc2[nH]c(-c3ccc(F)cc3F)nc2n1. The molecule has 3 rings (SSSR count). The van der Waals surface area contributed by atoms with Crippen LogP contribution in [0.25, 0.3) is 22.6 Å². The van der Waals surface area contributed by atoms with Crippen molar-refractivity contribution in [1.82, 2.24) is 15.0 Å². The van der Waals surface area contributed by atoms with Crippen molar-refractivity contribution in [2.75, 3.05) is 7.11 Å². The highest BCUT2D eigenvalue weighted by Gasteiger charge is 2.12. The summed E-state index contributed by atoms with van der Waals surface area (Å²) in [6.07, 6.45) is 0. The average Bonchev–Trinajstić information content (AvgIpc) is 2.80. The molecule has 1 N–H and O–H groups in total. The second kappa shape index (κ2) is 4.31. The Labute approximate surface area is 107 Å². The Balaban J connectivity index is 2.14. The predicted molar refractivity (Wildman–Crippen MR) is 65.8 cm³/mol. The number of hydrogen-bond acceptors (Lipinski definition) is 3. The van der Waals surface area contributed by atoms with E-state index < -0.39 is 11.6 Å². The number of methoxy groups -OCH3 is 1. The molecule has 6 heteroatoms. The minimum Gasteiger partial charge on any atom is -0.481 e. The largest absolute Gasteiger partial charge is 0.481 e. The normalized spacial score (nSPS) is 10.9. The summed E-state index contributed by atoms with van der Waals surface area (Å²) in [6, 6.07) is 6.74. The van der Waals surface area contributed by atoms with Gasteiger partial charge in [-0.05, 0) is 18.2 Å². The van der Waals surface area contributed by atoms with Crippen molar-refractivity contribution in [2.45, 2.75) is 0 Å². The molecule has 2 heterocycles. The number of H-pyrrole nitrogens is 1. The maximum absolute atomic E-state index is 13.7. The van der Waals surface area contributed by atoms with Crippen LogP contribution in [0.4, 0.5) is 8.78 Å². The highest BCUT2D eigenvalue weighted by molar-refractivity contribution is 5.76. The van der Waals surface area contributed by atoms with Gasteiger partial charge in [0.25, 0.3) is 0 Å². The Morgan fingerprint density at radius 2 is 1.95 bits per heavy atom. The topological polar surface area (TPSA) is 50.8 Å². The zero-order chi connectivity index (χ0) is 13.4. The number of rotatable bonds is 2. The molecule has 0 atom stereocenters. The smallest absolute Gasteiger partial charge is 0.215 e. The van der Waals surface area contributed by atoms with E-state index in [0.29, 0.717) is 22.9 Å². The van der Waals surface area contributed by atoms with Crippen LogP contribution in [-0.2, 0) is 0 Å². The Hall–Kier alpha value is -2.50. The average molecular weight is 261 g/mol. The standard InChI is InChI=1S/C13H9F2N3O/c1-19-11-5-4-10-13(17-11)18-12(16-10)8-3-2-7(14)6-9(8)15/h2-6H,1H3,(H,16,17,18). The van der Waals surface area contributed by atoms with Gasteiger partial charge >= 0.3 is 0 Å². The summed E-state index contributed by atoms with van der Waals surface area (Å²) < 4.78 is 31.5. The van der Waals surface area contributed by atoms with Crippen molar-refractivity contribution in [3.63, 3.8) is 0 Å². The molecule has 0 aliphatic rings. The van der Waals surface area contributed by atoms with Crippen molar-refractivity contribution < 1.29 is 13.5 Å². The lowest BCUT2D eigenvalue weighted by Gasteiger charge is -1.98. The van der Waals surface area contributed by atoms with Crippen molar-refractivity contribution >= 4 is 11.2 Å². The summed E-state index contributed by atoms with van der Waals surface area (Å²) >= 11 is 0. The summed E-state index contributed by atoms with van der Waals surface area (Å²) in [5.41, 5.74) is 1.26. The molecule has 1 aromatic carbocycles. The van der Waals surface area contributed by atoms with Gasteiger partial charge in [0.15, 0.2) is 5.65 Å². The van der Waals surface area contributed by atoms with Gasteiger partial charge in [-0.3, -0.25) is 0 Å². The van der Waals surface area contributed by atoms with Crippen LogP contribution in [0, 0.1) is 11.6 Å². The lowest BCUT2D eigenvalue weighted by molar-refractivity contribution is 0.399. The van der Waals surface area contributed by atoms with Crippen LogP contribution in [0.15, 0.2) is 30.3 Å². The molecule has 0 amide bonds. The summed E-state index contributed by atoms with van der Waals surface area (Å²) in [5, 5.41) is 0. The van der Waals surface area contributed by atoms with E-state index in [1.807, 2.05) is 0 Å². The van der Waals surface area contributed by atoms with Gasteiger partial charge in [-0.25, -0.2) is 13.8 Å². The van der Waals surface area contributed by atoms with Gasteiger partial charge in [-0.2, -0.15) is 4.98 Å². The van der Waals surface area contributed by atoms with Crippen molar-refractivity contribution in [2.24, 2.45) is 0 Å². The molecule has 96 valence electrons. The fourth-order valence-electron chi connectivity index (χ4n) is 1.80. The number of benzene rings is 1. The molecule has 0 bridgehead atoms. The molecule has 0 saturated heterocycles. The lowest BCUT2D eigenvalue weighted by Crippen LogP contribution is -1.88. The first kappa shape index (κ1) is 11.6. The van der Waals surface area contributed by atoms with Gasteiger partial charge in [-0.15, -0.1) is 0 Å². The maximum atomic E-state index is 13.7. The van der Waals surface area contributed by atoms with Gasteiger partial charge < -0.3 is 9.72 Å². The highest BCUT2D eigenvalue weighted by atomic mass is 19.1. The van der Waals surface area contributed by atoms with Crippen molar-refractivity contribution in [3.8, 4) is 17.3 Å². The molecule has 0 spiro atoms. The van der Waals surface area contributed by atoms with E-state index in [1.165, 1.54) is 19.2 Å². The number of nitrogens with one attached hydrogen (secondary N) is 1. The number of nitrogens with zero attached hydrogens (tertiary/aromatic N) is 2. The van der Waals surface area contributed by atoms with Gasteiger partial charge in [0.05, 0.1) is 18.2 Å². The number of ether oxygens (including phenoxy) is 1. The molecule has 0 aliphatic heterocycles. The summed E-state index contributed by atoms with van der Waals surface area (Å²) in [4.78, 5) is 11.2. The Bertz CT molecular complexity index is 755. The second-order valence-electron chi connectivity index (χ2n) is 3.93. The minimum absolute atomic E-state index is 0.193. The van der Waals surface area contributed by atoms with Crippen LogP contribution in [0.1, 0.15) is 0 Å². The molecule has 4 nitrogen and oxygen atoms in total. The van der Waals surface area contributed by atoms with Gasteiger partial charge in [-0.1, -0.05) is 0 Å². The van der Waals surface area contributed by atoms with Crippen molar-refractivity contribution in [3.05, 3.63) is 42.0 Å². The first-order valence-corrected chi connectivity index (χ1v) is 5.53. The highest BCUT2D eigenvalue weighted by Crippen LogP contribution is 2.23. The molecule has 0 radical (unpaired) electrons. The van der Waals surface area contributed by atoms with E-state index in [4.69, 9.17) is 4.74 Å². The number of hydrogen-bond donors (Lipinski definition) is 1. The molecule has 0 saturated carbocycles. The minimum atomic E-state index is -0.675. The monoisotopic (exact) mass is 261 g/mol. The maximum Gasteiger partial charge on any atom is 0.215 e. The zero-order valence-corrected chi connectivity index (χ0v) is 9.95. The molecular weight excluding hydrogens is 252 g/mol. The van der Waals surface area contributed by atoms with Crippen LogP contribution in [0.5, 0.6) is 5.88 Å². The fraction of sp³-hybridized carbons (Fsp3) is 0.0769. The van der Waals surface area contributed by atoms with E-state index in [9.17, 15) is 8.78 Å². The lowest BCUT2D eigenvalue weighted by atomic mass is 10.2. The summed E-state index contributed by atoms with van der Waals surface area (Å²) in [6.45, 7) is 0. The number of pyridine rings is 1. The van der Waals surface area contributed by atoms with Gasteiger partial charge in [0, 0.05) is 12.1 Å². The fourth-order valence-corrected chi connectivity index (χ4v) is 1.80. The van der Waals surface area contributed by atoms with E-state index in [1.54, 1.807) is 12.1 Å². The molecule has 2 aromatic heterocycles. The number of aromatic amines is 1.